The van der Waals surface area contributed by atoms with Crippen molar-refractivity contribution < 1.29 is 0 Å². The molecule has 2 nitrogen and oxygen atoms in total. The molecule has 0 radical (unpaired) electrons. The lowest BCUT2D eigenvalue weighted by molar-refractivity contribution is 0.362. The number of nitrogens with one attached hydrogen (secondary N) is 1. The summed E-state index contributed by atoms with van der Waals surface area (Å²) in [7, 11) is 2.25. The van der Waals surface area contributed by atoms with Crippen molar-refractivity contribution in [3.63, 3.8) is 0 Å². The molecule has 0 unspecified atom stereocenters. The molecule has 21 heavy (non-hydrogen) atoms. The van der Waals surface area contributed by atoms with Crippen molar-refractivity contribution in [3.05, 3.63) is 28.2 Å². The van der Waals surface area contributed by atoms with Gasteiger partial charge in [-0.25, -0.2) is 0 Å². The first kappa shape index (κ1) is 16.8. The van der Waals surface area contributed by atoms with Gasteiger partial charge in [-0.05, 0) is 55.5 Å². The van der Waals surface area contributed by atoms with E-state index < -0.39 is 0 Å². The molecule has 1 aliphatic rings. The molecule has 0 aromatic heterocycles. The van der Waals surface area contributed by atoms with Crippen LogP contribution in [-0.4, -0.2) is 20.1 Å². The van der Waals surface area contributed by atoms with E-state index in [-0.39, 0.29) is 0 Å². The van der Waals surface area contributed by atoms with Crippen molar-refractivity contribution in [3.8, 4) is 0 Å². The number of hydrogen-bond acceptors (Lipinski definition) is 2. The molecule has 118 valence electrons. The lowest BCUT2D eigenvalue weighted by Crippen LogP contribution is -2.28. The standard InChI is InChI=1S/C18H29BrN2/c1-3-11-20-13-16-12-17(19)9-10-18(16)21(2)14-15-7-5-4-6-8-15/h9-10,12,15,20H,3-8,11,13-14H2,1-2H3. The van der Waals surface area contributed by atoms with Crippen LogP contribution in [0, 0.1) is 5.92 Å². The Labute approximate surface area is 138 Å². The highest BCUT2D eigenvalue weighted by Gasteiger charge is 2.17. The second-order valence-electron chi connectivity index (χ2n) is 6.33. The van der Waals surface area contributed by atoms with Gasteiger partial charge in [0, 0.05) is 30.3 Å². The summed E-state index contributed by atoms with van der Waals surface area (Å²) in [6.45, 7) is 5.45. The van der Waals surface area contributed by atoms with E-state index in [0.717, 1.165) is 19.0 Å². The van der Waals surface area contributed by atoms with Crippen LogP contribution >= 0.6 is 15.9 Å². The molecule has 1 aromatic carbocycles. The van der Waals surface area contributed by atoms with Crippen LogP contribution in [-0.2, 0) is 6.54 Å². The molecule has 0 atom stereocenters. The molecule has 0 heterocycles. The summed E-state index contributed by atoms with van der Waals surface area (Å²) in [6, 6.07) is 6.68. The van der Waals surface area contributed by atoms with Gasteiger partial charge in [0.15, 0.2) is 0 Å². The van der Waals surface area contributed by atoms with Crippen LogP contribution in [0.15, 0.2) is 22.7 Å². The number of anilines is 1. The summed E-state index contributed by atoms with van der Waals surface area (Å²) in [6.07, 6.45) is 8.27. The maximum atomic E-state index is 3.61. The lowest BCUT2D eigenvalue weighted by atomic mass is 9.89. The molecular weight excluding hydrogens is 324 g/mol. The average molecular weight is 353 g/mol. The summed E-state index contributed by atoms with van der Waals surface area (Å²) >= 11 is 3.61. The third kappa shape index (κ3) is 5.30. The Morgan fingerprint density at radius 1 is 1.24 bits per heavy atom. The van der Waals surface area contributed by atoms with E-state index in [4.69, 9.17) is 0 Å². The Morgan fingerprint density at radius 3 is 2.71 bits per heavy atom. The fourth-order valence-corrected chi connectivity index (χ4v) is 3.73. The van der Waals surface area contributed by atoms with Gasteiger partial charge in [0.2, 0.25) is 0 Å². The minimum absolute atomic E-state index is 0.879. The minimum Gasteiger partial charge on any atom is -0.374 e. The van der Waals surface area contributed by atoms with E-state index in [1.807, 2.05) is 0 Å². The highest BCUT2D eigenvalue weighted by molar-refractivity contribution is 9.10. The normalized spacial score (nSPS) is 16.1. The van der Waals surface area contributed by atoms with Crippen molar-refractivity contribution in [1.82, 2.24) is 5.32 Å². The molecule has 2 rings (SSSR count). The average Bonchev–Trinajstić information content (AvgIpc) is 2.48. The number of benzene rings is 1. The van der Waals surface area contributed by atoms with Gasteiger partial charge in [-0.1, -0.05) is 42.1 Å². The summed E-state index contributed by atoms with van der Waals surface area (Å²) in [4.78, 5) is 2.46. The Bertz CT molecular complexity index is 427. The zero-order valence-corrected chi connectivity index (χ0v) is 15.1. The highest BCUT2D eigenvalue weighted by Crippen LogP contribution is 2.28. The largest absolute Gasteiger partial charge is 0.374 e. The molecule has 1 fully saturated rings. The van der Waals surface area contributed by atoms with E-state index in [2.05, 4.69) is 58.3 Å². The van der Waals surface area contributed by atoms with E-state index in [1.165, 1.54) is 60.8 Å². The molecule has 1 aromatic rings. The lowest BCUT2D eigenvalue weighted by Gasteiger charge is -2.30. The zero-order valence-electron chi connectivity index (χ0n) is 13.5. The number of nitrogens with zero attached hydrogens (tertiary/aromatic N) is 1. The zero-order chi connectivity index (χ0) is 15.1. The van der Waals surface area contributed by atoms with Crippen LogP contribution < -0.4 is 10.2 Å². The van der Waals surface area contributed by atoms with E-state index in [1.54, 1.807) is 0 Å². The van der Waals surface area contributed by atoms with Gasteiger partial charge in [0.1, 0.15) is 0 Å². The van der Waals surface area contributed by atoms with Crippen LogP contribution in [0.5, 0.6) is 0 Å². The monoisotopic (exact) mass is 352 g/mol. The molecule has 1 saturated carbocycles. The summed E-state index contributed by atoms with van der Waals surface area (Å²) in [5, 5.41) is 3.53. The predicted molar refractivity (Wildman–Crippen MR) is 96.0 cm³/mol. The maximum absolute atomic E-state index is 3.61. The molecule has 3 heteroatoms. The predicted octanol–water partition coefficient (Wildman–Crippen LogP) is 4.97. The third-order valence-electron chi connectivity index (χ3n) is 4.45. The smallest absolute Gasteiger partial charge is 0.0410 e. The molecule has 1 aliphatic carbocycles. The van der Waals surface area contributed by atoms with Gasteiger partial charge in [-0.15, -0.1) is 0 Å². The maximum Gasteiger partial charge on any atom is 0.0410 e. The second kappa shape index (κ2) is 8.79. The Kier molecular flexibility index (Phi) is 7.05. The van der Waals surface area contributed by atoms with Crippen LogP contribution in [0.3, 0.4) is 0 Å². The Balaban J connectivity index is 2.01. The fourth-order valence-electron chi connectivity index (χ4n) is 3.32. The van der Waals surface area contributed by atoms with Crippen molar-refractivity contribution in [2.45, 2.75) is 52.0 Å². The highest BCUT2D eigenvalue weighted by atomic mass is 79.9. The van der Waals surface area contributed by atoms with Crippen LogP contribution in [0.2, 0.25) is 0 Å². The Morgan fingerprint density at radius 2 is 2.00 bits per heavy atom. The molecule has 0 amide bonds. The van der Waals surface area contributed by atoms with Crippen molar-refractivity contribution in [1.29, 1.82) is 0 Å². The first-order valence-corrected chi connectivity index (χ1v) is 9.20. The van der Waals surface area contributed by atoms with Gasteiger partial charge in [-0.3, -0.25) is 0 Å². The number of rotatable bonds is 7. The summed E-state index contributed by atoms with van der Waals surface area (Å²) < 4.78 is 1.17. The molecule has 0 bridgehead atoms. The van der Waals surface area contributed by atoms with Crippen LogP contribution in [0.1, 0.15) is 51.0 Å². The van der Waals surface area contributed by atoms with E-state index in [0.29, 0.717) is 0 Å². The number of halogens is 1. The van der Waals surface area contributed by atoms with Crippen molar-refractivity contribution in [2.24, 2.45) is 5.92 Å². The van der Waals surface area contributed by atoms with Gasteiger partial charge >= 0.3 is 0 Å². The second-order valence-corrected chi connectivity index (χ2v) is 7.25. The van der Waals surface area contributed by atoms with Gasteiger partial charge in [0.05, 0.1) is 0 Å². The summed E-state index contributed by atoms with van der Waals surface area (Å²) in [5.41, 5.74) is 2.78. The molecular formula is C18H29BrN2. The van der Waals surface area contributed by atoms with Gasteiger partial charge in [-0.2, -0.15) is 0 Å². The first-order valence-electron chi connectivity index (χ1n) is 8.41. The molecule has 0 saturated heterocycles. The quantitative estimate of drug-likeness (QED) is 0.697. The van der Waals surface area contributed by atoms with Crippen molar-refractivity contribution in [2.75, 3.05) is 25.0 Å². The SMILES string of the molecule is CCCNCc1cc(Br)ccc1N(C)CC1CCCCC1. The topological polar surface area (TPSA) is 15.3 Å². The first-order chi connectivity index (χ1) is 10.2. The van der Waals surface area contributed by atoms with Crippen LogP contribution in [0.4, 0.5) is 5.69 Å². The molecule has 1 N–H and O–H groups in total. The van der Waals surface area contributed by atoms with Crippen LogP contribution in [0.25, 0.3) is 0 Å². The van der Waals surface area contributed by atoms with E-state index >= 15 is 0 Å². The van der Waals surface area contributed by atoms with Gasteiger partial charge in [0.25, 0.3) is 0 Å². The number of hydrogen-bond donors (Lipinski definition) is 1. The minimum atomic E-state index is 0.879. The summed E-state index contributed by atoms with van der Waals surface area (Å²) in [5.74, 6) is 0.879. The van der Waals surface area contributed by atoms with Crippen molar-refractivity contribution >= 4 is 21.6 Å². The fraction of sp³-hybridized carbons (Fsp3) is 0.667. The molecule has 0 spiro atoms. The van der Waals surface area contributed by atoms with Gasteiger partial charge < -0.3 is 10.2 Å². The van der Waals surface area contributed by atoms with E-state index in [9.17, 15) is 0 Å². The third-order valence-corrected chi connectivity index (χ3v) is 4.95. The Hall–Kier alpha value is -0.540. The molecule has 0 aliphatic heterocycles.